The van der Waals surface area contributed by atoms with Gasteiger partial charge in [0.05, 0.1) is 12.0 Å². The highest BCUT2D eigenvalue weighted by molar-refractivity contribution is 7.89. The topological polar surface area (TPSA) is 88.1 Å². The summed E-state index contributed by atoms with van der Waals surface area (Å²) in [6.07, 6.45) is 6.63. The molecular formula is C21H23N3O4S. The lowest BCUT2D eigenvalue weighted by Gasteiger charge is -2.15. The monoisotopic (exact) mass is 413 g/mol. The summed E-state index contributed by atoms with van der Waals surface area (Å²) in [6, 6.07) is 13.5. The summed E-state index contributed by atoms with van der Waals surface area (Å²) in [5.41, 5.74) is 3.52. The third-order valence-electron chi connectivity index (χ3n) is 4.54. The molecule has 0 aromatic heterocycles. The number of carbonyl (C=O) groups is 1. The lowest BCUT2D eigenvalue weighted by Crippen LogP contribution is -2.28. The smallest absolute Gasteiger partial charge is 0.271 e. The number of benzene rings is 2. The highest BCUT2D eigenvalue weighted by Crippen LogP contribution is 2.21. The molecule has 0 unspecified atom stereocenters. The first kappa shape index (κ1) is 20.8. The Hall–Kier alpha value is -2.97. The largest absolute Gasteiger partial charge is 0.496 e. The van der Waals surface area contributed by atoms with Crippen molar-refractivity contribution in [3.8, 4) is 5.75 Å². The molecule has 0 aliphatic carbocycles. The maximum atomic E-state index is 12.6. The Morgan fingerprint density at radius 2 is 1.90 bits per heavy atom. The minimum Gasteiger partial charge on any atom is -0.496 e. The van der Waals surface area contributed by atoms with E-state index in [1.54, 1.807) is 31.4 Å². The molecule has 1 aliphatic heterocycles. The summed E-state index contributed by atoms with van der Waals surface area (Å²) in [6.45, 7) is 1.03. The van der Waals surface area contributed by atoms with Gasteiger partial charge < -0.3 is 4.74 Å². The van der Waals surface area contributed by atoms with Crippen LogP contribution < -0.4 is 10.2 Å². The number of hydrazone groups is 1. The second-order valence-electron chi connectivity index (χ2n) is 6.46. The summed E-state index contributed by atoms with van der Waals surface area (Å²) < 4.78 is 32.0. The molecule has 1 aliphatic rings. The van der Waals surface area contributed by atoms with Crippen LogP contribution in [-0.4, -0.2) is 45.0 Å². The van der Waals surface area contributed by atoms with Crippen molar-refractivity contribution in [1.29, 1.82) is 0 Å². The van der Waals surface area contributed by atoms with Crippen molar-refractivity contribution in [2.24, 2.45) is 5.10 Å². The van der Waals surface area contributed by atoms with Gasteiger partial charge in [0.25, 0.3) is 5.91 Å². The average molecular weight is 413 g/mol. The Labute approximate surface area is 170 Å². The predicted molar refractivity (Wildman–Crippen MR) is 112 cm³/mol. The van der Waals surface area contributed by atoms with E-state index in [1.807, 2.05) is 24.3 Å². The van der Waals surface area contributed by atoms with Gasteiger partial charge in [-0.15, -0.1) is 0 Å². The van der Waals surface area contributed by atoms with E-state index in [2.05, 4.69) is 10.5 Å². The predicted octanol–water partition coefficient (Wildman–Crippen LogP) is 2.91. The van der Waals surface area contributed by atoms with Crippen LogP contribution in [0.1, 0.15) is 28.8 Å². The van der Waals surface area contributed by atoms with E-state index in [-0.39, 0.29) is 10.5 Å². The molecule has 0 atom stereocenters. The van der Waals surface area contributed by atoms with Crippen LogP contribution >= 0.6 is 0 Å². The van der Waals surface area contributed by atoms with Crippen molar-refractivity contribution in [3.63, 3.8) is 0 Å². The summed E-state index contributed by atoms with van der Waals surface area (Å²) in [7, 11) is -1.97. The molecule has 2 aromatic carbocycles. The van der Waals surface area contributed by atoms with Gasteiger partial charge in [0.15, 0.2) is 0 Å². The van der Waals surface area contributed by atoms with Gasteiger partial charge in [0.1, 0.15) is 5.75 Å². The number of sulfonamides is 1. The van der Waals surface area contributed by atoms with Gasteiger partial charge in [-0.25, -0.2) is 13.8 Å². The molecule has 0 radical (unpaired) electrons. The van der Waals surface area contributed by atoms with E-state index in [0.29, 0.717) is 13.1 Å². The summed E-state index contributed by atoms with van der Waals surface area (Å²) in [5, 5.41) is 3.88. The second kappa shape index (κ2) is 9.49. The molecule has 0 saturated carbocycles. The maximum Gasteiger partial charge on any atom is 0.271 e. The van der Waals surface area contributed by atoms with Crippen molar-refractivity contribution >= 4 is 28.2 Å². The summed E-state index contributed by atoms with van der Waals surface area (Å²) in [5.74, 6) is 0.252. The molecule has 152 valence electrons. The van der Waals surface area contributed by atoms with Crippen LogP contribution in [0.4, 0.5) is 0 Å². The first-order chi connectivity index (χ1) is 14.0. The van der Waals surface area contributed by atoms with Crippen LogP contribution in [0.5, 0.6) is 5.75 Å². The number of ether oxygens (including phenoxy) is 1. The molecule has 0 bridgehead atoms. The van der Waals surface area contributed by atoms with Gasteiger partial charge in [-0.1, -0.05) is 24.3 Å². The minimum atomic E-state index is -3.57. The quantitative estimate of drug-likeness (QED) is 0.558. The van der Waals surface area contributed by atoms with Crippen molar-refractivity contribution in [2.75, 3.05) is 20.2 Å². The highest BCUT2D eigenvalue weighted by Gasteiger charge is 2.27. The number of nitrogens with zero attached hydrogens (tertiary/aromatic N) is 2. The summed E-state index contributed by atoms with van der Waals surface area (Å²) >= 11 is 0. The zero-order chi connectivity index (χ0) is 20.7. The molecule has 1 N–H and O–H groups in total. The van der Waals surface area contributed by atoms with Crippen molar-refractivity contribution in [2.45, 2.75) is 17.7 Å². The Bertz CT molecular complexity index is 1030. The van der Waals surface area contributed by atoms with Crippen molar-refractivity contribution in [3.05, 3.63) is 65.7 Å². The molecule has 1 amide bonds. The lowest BCUT2D eigenvalue weighted by atomic mass is 10.2. The van der Waals surface area contributed by atoms with E-state index in [0.717, 1.165) is 24.2 Å². The third-order valence-corrected chi connectivity index (χ3v) is 6.44. The first-order valence-corrected chi connectivity index (χ1v) is 10.7. The number of rotatable bonds is 7. The number of amides is 1. The van der Waals surface area contributed by atoms with Crippen LogP contribution in [0.25, 0.3) is 6.08 Å². The van der Waals surface area contributed by atoms with Gasteiger partial charge in [0.2, 0.25) is 10.0 Å². The Kier molecular flexibility index (Phi) is 6.79. The fourth-order valence-electron chi connectivity index (χ4n) is 3.03. The van der Waals surface area contributed by atoms with Gasteiger partial charge in [0, 0.05) is 30.4 Å². The van der Waals surface area contributed by atoms with Gasteiger partial charge in [-0.05, 0) is 49.3 Å². The maximum absolute atomic E-state index is 12.6. The van der Waals surface area contributed by atoms with Gasteiger partial charge in [-0.2, -0.15) is 9.41 Å². The number of hydrogen-bond donors (Lipinski definition) is 1. The molecule has 8 heteroatoms. The first-order valence-electron chi connectivity index (χ1n) is 9.25. The van der Waals surface area contributed by atoms with Crippen LogP contribution in [-0.2, 0) is 10.0 Å². The number of hydrogen-bond acceptors (Lipinski definition) is 5. The normalized spacial score (nSPS) is 15.2. The Balaban J connectivity index is 1.64. The zero-order valence-electron chi connectivity index (χ0n) is 16.1. The number of methoxy groups -OCH3 is 1. The fraction of sp³-hybridized carbons (Fsp3) is 0.238. The molecule has 0 spiro atoms. The van der Waals surface area contributed by atoms with E-state index in [4.69, 9.17) is 4.74 Å². The molecule has 7 nitrogen and oxygen atoms in total. The van der Waals surface area contributed by atoms with Gasteiger partial charge in [-0.3, -0.25) is 4.79 Å². The molecular weight excluding hydrogens is 390 g/mol. The SMILES string of the molecule is COc1ccccc1/C=C/C=N\NC(=O)c1cccc(S(=O)(=O)N2CCCC2)c1. The Morgan fingerprint density at radius 3 is 2.66 bits per heavy atom. The molecule has 2 aromatic rings. The molecule has 1 saturated heterocycles. The average Bonchev–Trinajstić information content (AvgIpc) is 3.29. The van der Waals surface area contributed by atoms with E-state index < -0.39 is 15.9 Å². The van der Waals surface area contributed by atoms with Crippen LogP contribution in [0.3, 0.4) is 0 Å². The zero-order valence-corrected chi connectivity index (χ0v) is 16.9. The minimum absolute atomic E-state index is 0.118. The molecule has 1 fully saturated rings. The molecule has 29 heavy (non-hydrogen) atoms. The van der Waals surface area contributed by atoms with Crippen LogP contribution in [0, 0.1) is 0 Å². The van der Waals surface area contributed by atoms with Crippen LogP contribution in [0.15, 0.2) is 64.6 Å². The van der Waals surface area contributed by atoms with E-state index >= 15 is 0 Å². The third kappa shape index (κ3) is 5.10. The number of nitrogens with one attached hydrogen (secondary N) is 1. The molecule has 3 rings (SSSR count). The molecule has 1 heterocycles. The highest BCUT2D eigenvalue weighted by atomic mass is 32.2. The lowest BCUT2D eigenvalue weighted by molar-refractivity contribution is 0.0955. The van der Waals surface area contributed by atoms with Crippen molar-refractivity contribution in [1.82, 2.24) is 9.73 Å². The number of carbonyl (C=O) groups excluding carboxylic acids is 1. The van der Waals surface area contributed by atoms with Crippen LogP contribution in [0.2, 0.25) is 0 Å². The summed E-state index contributed by atoms with van der Waals surface area (Å²) in [4.78, 5) is 12.4. The van der Waals surface area contributed by atoms with E-state index in [9.17, 15) is 13.2 Å². The Morgan fingerprint density at radius 1 is 1.14 bits per heavy atom. The second-order valence-corrected chi connectivity index (χ2v) is 8.40. The van der Waals surface area contributed by atoms with Crippen molar-refractivity contribution < 1.29 is 17.9 Å². The fourth-order valence-corrected chi connectivity index (χ4v) is 4.59. The standard InChI is InChI=1S/C21H23N3O4S/c1-28-20-12-3-2-8-17(20)10-7-13-22-23-21(25)18-9-6-11-19(16-18)29(26,27)24-14-4-5-15-24/h2-3,6-13,16H,4-5,14-15H2,1H3,(H,23,25)/b10-7+,22-13-. The number of allylic oxidation sites excluding steroid dienone is 1. The van der Waals surface area contributed by atoms with Gasteiger partial charge >= 0.3 is 0 Å². The van der Waals surface area contributed by atoms with E-state index in [1.165, 1.54) is 22.7 Å². The number of para-hydroxylation sites is 1.